The summed E-state index contributed by atoms with van der Waals surface area (Å²) in [6.45, 7) is 5.02. The van der Waals surface area contributed by atoms with Crippen LogP contribution in [-0.4, -0.2) is 47.4 Å². The fourth-order valence-electron chi connectivity index (χ4n) is 13.3. The van der Waals surface area contributed by atoms with Crippen LogP contribution < -0.4 is 5.32 Å². The van der Waals surface area contributed by atoms with Crippen LogP contribution in [0.3, 0.4) is 0 Å². The van der Waals surface area contributed by atoms with Crippen molar-refractivity contribution in [3.8, 4) is 0 Å². The van der Waals surface area contributed by atoms with E-state index in [9.17, 15) is 19.8 Å². The van der Waals surface area contributed by atoms with Gasteiger partial charge in [0.15, 0.2) is 0 Å². The fraction of sp³-hybridized carbons (Fsp3) is 0.975. The number of aliphatic hydroxyl groups is 2. The lowest BCUT2D eigenvalue weighted by Crippen LogP contribution is -2.45. The van der Waals surface area contributed by atoms with E-state index in [1.54, 1.807) is 0 Å². The van der Waals surface area contributed by atoms with Gasteiger partial charge < -0.3 is 20.3 Å². The van der Waals surface area contributed by atoms with Crippen LogP contribution in [0.15, 0.2) is 0 Å². The van der Waals surface area contributed by atoms with E-state index in [0.717, 1.165) is 38.5 Å². The number of carbonyl (C=O) groups excluding carboxylic acids is 2. The molecule has 0 spiro atoms. The minimum Gasteiger partial charge on any atom is -0.466 e. The summed E-state index contributed by atoms with van der Waals surface area (Å²) < 4.78 is 5.52. The Labute approximate surface area is 540 Å². The molecule has 0 aliphatic heterocycles. The minimum atomic E-state index is -0.660. The summed E-state index contributed by atoms with van der Waals surface area (Å²) in [5.41, 5.74) is 0. The van der Waals surface area contributed by atoms with Crippen molar-refractivity contribution in [1.82, 2.24) is 5.32 Å². The molecule has 2 atom stereocenters. The molecule has 0 rings (SSSR count). The number of ether oxygens (including phenoxy) is 1. The quantitative estimate of drug-likeness (QED) is 0.0417. The van der Waals surface area contributed by atoms with Gasteiger partial charge in [0.2, 0.25) is 5.91 Å². The lowest BCUT2D eigenvalue weighted by molar-refractivity contribution is -0.143. The molecule has 1 amide bonds. The third kappa shape index (κ3) is 71.9. The molecule has 0 heterocycles. The van der Waals surface area contributed by atoms with E-state index in [1.165, 1.54) is 405 Å². The Balaban J connectivity index is 3.29. The number of rotatable bonds is 77. The van der Waals surface area contributed by atoms with E-state index in [-0.39, 0.29) is 18.5 Å². The van der Waals surface area contributed by atoms with E-state index in [4.69, 9.17) is 4.74 Å². The highest BCUT2D eigenvalue weighted by Crippen LogP contribution is 2.21. The third-order valence-electron chi connectivity index (χ3n) is 19.4. The van der Waals surface area contributed by atoms with Crippen molar-refractivity contribution >= 4 is 11.9 Å². The van der Waals surface area contributed by atoms with Crippen molar-refractivity contribution in [1.29, 1.82) is 0 Å². The Morgan fingerprint density at radius 3 is 0.709 bits per heavy atom. The molecule has 0 aromatic rings. The summed E-state index contributed by atoms with van der Waals surface area (Å²) in [4.78, 5) is 24.7. The first-order valence-corrected chi connectivity index (χ1v) is 40.3. The maximum Gasteiger partial charge on any atom is 0.305 e. The molecule has 0 saturated heterocycles. The summed E-state index contributed by atoms with van der Waals surface area (Å²) in [6, 6.07) is -0.537. The zero-order valence-electron chi connectivity index (χ0n) is 59.1. The molecule has 0 bridgehead atoms. The van der Waals surface area contributed by atoms with Crippen LogP contribution in [0, 0.1) is 0 Å². The van der Waals surface area contributed by atoms with Crippen molar-refractivity contribution in [2.75, 3.05) is 13.2 Å². The van der Waals surface area contributed by atoms with E-state index < -0.39 is 12.1 Å². The van der Waals surface area contributed by atoms with Crippen molar-refractivity contribution in [3.05, 3.63) is 0 Å². The molecule has 0 aromatic carbocycles. The highest BCUT2D eigenvalue weighted by Gasteiger charge is 2.20. The van der Waals surface area contributed by atoms with Gasteiger partial charge in [0.05, 0.1) is 25.4 Å². The summed E-state index contributed by atoms with van der Waals surface area (Å²) in [7, 11) is 0. The molecular formula is C80H159NO5. The van der Waals surface area contributed by atoms with Gasteiger partial charge >= 0.3 is 5.97 Å². The molecular weight excluding hydrogens is 1050 g/mol. The first-order valence-electron chi connectivity index (χ1n) is 40.3. The molecule has 86 heavy (non-hydrogen) atoms. The lowest BCUT2D eigenvalue weighted by atomic mass is 10.0. The van der Waals surface area contributed by atoms with E-state index in [2.05, 4.69) is 19.2 Å². The number of carbonyl (C=O) groups is 2. The maximum atomic E-state index is 12.5. The molecule has 0 radical (unpaired) electrons. The monoisotopic (exact) mass is 1210 g/mol. The summed E-state index contributed by atoms with van der Waals surface area (Å²) >= 11 is 0. The maximum absolute atomic E-state index is 12.5. The Morgan fingerprint density at radius 1 is 0.279 bits per heavy atom. The molecule has 6 heteroatoms. The second-order valence-electron chi connectivity index (χ2n) is 28.1. The molecule has 2 unspecified atom stereocenters. The Hall–Kier alpha value is -1.14. The van der Waals surface area contributed by atoms with Gasteiger partial charge in [-0.15, -0.1) is 0 Å². The standard InChI is InChI=1S/C80H159NO5/c1-3-5-7-9-11-13-15-17-19-21-37-42-46-50-54-58-62-66-70-74-80(85)86-75-71-67-63-59-55-51-47-43-39-36-34-32-30-28-26-24-22-23-25-27-29-31-33-35-38-41-45-49-53-57-61-65-69-73-79(84)81-77(76-82)78(83)72-68-64-60-56-52-48-44-40-20-18-16-14-12-10-8-6-4-2/h77-78,82-83H,3-76H2,1-2H3,(H,81,84). The van der Waals surface area contributed by atoms with Gasteiger partial charge in [0.25, 0.3) is 0 Å². The second kappa shape index (κ2) is 76.3. The lowest BCUT2D eigenvalue weighted by Gasteiger charge is -2.22. The van der Waals surface area contributed by atoms with E-state index in [1.807, 2.05) is 0 Å². The zero-order valence-corrected chi connectivity index (χ0v) is 59.1. The van der Waals surface area contributed by atoms with Crippen LogP contribution in [0.5, 0.6) is 0 Å². The van der Waals surface area contributed by atoms with Crippen LogP contribution in [0.4, 0.5) is 0 Å². The molecule has 514 valence electrons. The van der Waals surface area contributed by atoms with Gasteiger partial charge in [-0.3, -0.25) is 9.59 Å². The highest BCUT2D eigenvalue weighted by molar-refractivity contribution is 5.76. The highest BCUT2D eigenvalue weighted by atomic mass is 16.5. The summed E-state index contributed by atoms with van der Waals surface area (Å²) in [5, 5.41) is 23.4. The van der Waals surface area contributed by atoms with E-state index in [0.29, 0.717) is 25.9 Å². The average Bonchev–Trinajstić information content (AvgIpc) is 3.59. The SMILES string of the molecule is CCCCCCCCCCCCCCCCCCCCCC(=O)OCCCCCCCCCCCCCCCCCCCCCCCCCCCCCCCCCCCC(=O)NC(CO)C(O)CCCCCCCCCCCCCCCCCCC. The topological polar surface area (TPSA) is 95.9 Å². The van der Waals surface area contributed by atoms with Gasteiger partial charge in [0, 0.05) is 12.8 Å². The van der Waals surface area contributed by atoms with Crippen molar-refractivity contribution in [2.24, 2.45) is 0 Å². The first kappa shape index (κ1) is 84.9. The number of esters is 1. The summed E-state index contributed by atoms with van der Waals surface area (Å²) in [5.74, 6) is 0.00302. The van der Waals surface area contributed by atoms with E-state index >= 15 is 0 Å². The number of amides is 1. The van der Waals surface area contributed by atoms with Gasteiger partial charge in [0.1, 0.15) is 0 Å². The number of nitrogens with one attached hydrogen (secondary N) is 1. The Bertz CT molecular complexity index is 1260. The molecule has 0 aliphatic carbocycles. The van der Waals surface area contributed by atoms with Crippen molar-refractivity contribution in [3.63, 3.8) is 0 Å². The third-order valence-corrected chi connectivity index (χ3v) is 19.4. The first-order chi connectivity index (χ1) is 42.5. The van der Waals surface area contributed by atoms with Crippen molar-refractivity contribution < 1.29 is 24.5 Å². The number of aliphatic hydroxyl groups excluding tert-OH is 2. The van der Waals surface area contributed by atoms with Crippen LogP contribution in [0.25, 0.3) is 0 Å². The second-order valence-corrected chi connectivity index (χ2v) is 28.1. The van der Waals surface area contributed by atoms with Gasteiger partial charge in [-0.25, -0.2) is 0 Å². The molecule has 3 N–H and O–H groups in total. The molecule has 6 nitrogen and oxygen atoms in total. The van der Waals surface area contributed by atoms with Crippen molar-refractivity contribution in [2.45, 2.75) is 488 Å². The van der Waals surface area contributed by atoms with Crippen LogP contribution >= 0.6 is 0 Å². The van der Waals surface area contributed by atoms with Gasteiger partial charge in [-0.1, -0.05) is 438 Å². The van der Waals surface area contributed by atoms with Crippen LogP contribution in [-0.2, 0) is 14.3 Å². The summed E-state index contributed by atoms with van der Waals surface area (Å²) in [6.07, 6.45) is 94.9. The Morgan fingerprint density at radius 2 is 0.477 bits per heavy atom. The number of hydrogen-bond donors (Lipinski definition) is 3. The average molecular weight is 1220 g/mol. The number of hydrogen-bond acceptors (Lipinski definition) is 5. The molecule has 0 fully saturated rings. The van der Waals surface area contributed by atoms with Gasteiger partial charge in [-0.2, -0.15) is 0 Å². The van der Waals surface area contributed by atoms with Crippen LogP contribution in [0.1, 0.15) is 476 Å². The predicted octanol–water partition coefficient (Wildman–Crippen LogP) is 26.5. The molecule has 0 aromatic heterocycles. The fourth-order valence-corrected chi connectivity index (χ4v) is 13.3. The molecule has 0 aliphatic rings. The normalized spacial score (nSPS) is 12.4. The van der Waals surface area contributed by atoms with Gasteiger partial charge in [-0.05, 0) is 25.7 Å². The minimum absolute atomic E-state index is 0.0251. The Kier molecular flexibility index (Phi) is 75.3. The number of unbranched alkanes of at least 4 members (excludes halogenated alkanes) is 66. The predicted molar refractivity (Wildman–Crippen MR) is 380 cm³/mol. The van der Waals surface area contributed by atoms with Crippen LogP contribution in [0.2, 0.25) is 0 Å². The largest absolute Gasteiger partial charge is 0.466 e. The smallest absolute Gasteiger partial charge is 0.305 e. The molecule has 0 saturated carbocycles. The zero-order chi connectivity index (χ0) is 62.0.